The van der Waals surface area contributed by atoms with Gasteiger partial charge in [-0.2, -0.15) is 9.40 Å². The van der Waals surface area contributed by atoms with Gasteiger partial charge in [-0.15, -0.1) is 0 Å². The number of piperazine rings is 1. The molecule has 1 saturated heterocycles. The van der Waals surface area contributed by atoms with Gasteiger partial charge in [0.1, 0.15) is 11.6 Å². The van der Waals surface area contributed by atoms with Gasteiger partial charge in [-0.3, -0.25) is 9.58 Å². The predicted molar refractivity (Wildman–Crippen MR) is 83.8 cm³/mol. The van der Waals surface area contributed by atoms with E-state index in [-0.39, 0.29) is 4.90 Å². The Morgan fingerprint density at radius 1 is 1.00 bits per heavy atom. The second kappa shape index (κ2) is 6.96. The van der Waals surface area contributed by atoms with Crippen molar-refractivity contribution in [3.63, 3.8) is 0 Å². The molecule has 0 atom stereocenters. The molecule has 0 saturated carbocycles. The van der Waals surface area contributed by atoms with Crippen LogP contribution in [0.15, 0.2) is 41.6 Å². The van der Waals surface area contributed by atoms with Gasteiger partial charge in [-0.05, 0) is 18.2 Å². The van der Waals surface area contributed by atoms with Crippen molar-refractivity contribution < 1.29 is 17.2 Å². The number of rotatable bonds is 5. The van der Waals surface area contributed by atoms with Crippen molar-refractivity contribution in [3.05, 3.63) is 48.3 Å². The van der Waals surface area contributed by atoms with Gasteiger partial charge in [0, 0.05) is 51.2 Å². The summed E-state index contributed by atoms with van der Waals surface area (Å²) in [7, 11) is -3.88. The van der Waals surface area contributed by atoms with Crippen molar-refractivity contribution >= 4 is 10.0 Å². The Labute approximate surface area is 139 Å². The van der Waals surface area contributed by atoms with E-state index >= 15 is 0 Å². The van der Waals surface area contributed by atoms with Crippen LogP contribution >= 0.6 is 0 Å². The molecule has 2 aromatic rings. The van der Waals surface area contributed by atoms with Crippen molar-refractivity contribution in [3.8, 4) is 0 Å². The first-order chi connectivity index (χ1) is 11.4. The van der Waals surface area contributed by atoms with Gasteiger partial charge >= 0.3 is 0 Å². The summed E-state index contributed by atoms with van der Waals surface area (Å²) in [6, 6.07) is 4.21. The molecular weight excluding hydrogens is 338 g/mol. The molecule has 9 heteroatoms. The molecule has 6 nitrogen and oxygen atoms in total. The van der Waals surface area contributed by atoms with Crippen LogP contribution < -0.4 is 0 Å². The maximum atomic E-state index is 13.3. The smallest absolute Gasteiger partial charge is 0.243 e. The first-order valence-electron chi connectivity index (χ1n) is 7.61. The molecule has 1 aromatic carbocycles. The maximum Gasteiger partial charge on any atom is 0.243 e. The van der Waals surface area contributed by atoms with E-state index in [1.807, 2.05) is 16.9 Å². The Balaban J connectivity index is 1.61. The lowest BCUT2D eigenvalue weighted by atomic mass is 10.3. The standard InChI is InChI=1S/C15H18F2N4O2S/c16-13-10-14(17)12-15(11-13)24(22,23)21-8-5-19(6-9-21)4-7-20-3-1-2-18-20/h1-3,10-12H,4-9H2. The van der Waals surface area contributed by atoms with Gasteiger partial charge in [-0.25, -0.2) is 17.2 Å². The molecule has 3 rings (SSSR count). The number of nitrogens with zero attached hydrogens (tertiary/aromatic N) is 4. The third-order valence-electron chi connectivity index (χ3n) is 4.01. The van der Waals surface area contributed by atoms with Crippen molar-refractivity contribution in [2.45, 2.75) is 11.4 Å². The van der Waals surface area contributed by atoms with E-state index in [2.05, 4.69) is 10.00 Å². The van der Waals surface area contributed by atoms with Crippen LogP contribution in [0.5, 0.6) is 0 Å². The van der Waals surface area contributed by atoms with Crippen molar-refractivity contribution in [1.82, 2.24) is 19.0 Å². The van der Waals surface area contributed by atoms with Crippen LogP contribution in [-0.4, -0.2) is 60.1 Å². The summed E-state index contributed by atoms with van der Waals surface area (Å²) < 4.78 is 54.7. The molecule has 1 aliphatic rings. The summed E-state index contributed by atoms with van der Waals surface area (Å²) in [5.41, 5.74) is 0. The highest BCUT2D eigenvalue weighted by atomic mass is 32.2. The van der Waals surface area contributed by atoms with Gasteiger partial charge in [0.25, 0.3) is 0 Å². The molecule has 2 heterocycles. The molecule has 0 radical (unpaired) electrons. The van der Waals surface area contributed by atoms with Crippen LogP contribution in [0.3, 0.4) is 0 Å². The second-order valence-corrected chi connectivity index (χ2v) is 7.56. The fourth-order valence-electron chi connectivity index (χ4n) is 2.70. The van der Waals surface area contributed by atoms with Crippen LogP contribution in [0, 0.1) is 11.6 Å². The summed E-state index contributed by atoms with van der Waals surface area (Å²) >= 11 is 0. The summed E-state index contributed by atoms with van der Waals surface area (Å²) in [5, 5.41) is 4.12. The lowest BCUT2D eigenvalue weighted by molar-refractivity contribution is 0.181. The van der Waals surface area contributed by atoms with E-state index in [1.54, 1.807) is 6.20 Å². The minimum Gasteiger partial charge on any atom is -0.299 e. The van der Waals surface area contributed by atoms with Crippen LogP contribution in [0.2, 0.25) is 0 Å². The highest BCUT2D eigenvalue weighted by Gasteiger charge is 2.29. The van der Waals surface area contributed by atoms with Gasteiger partial charge in [-0.1, -0.05) is 0 Å². The van der Waals surface area contributed by atoms with Crippen LogP contribution in [0.4, 0.5) is 8.78 Å². The summed E-state index contributed by atoms with van der Waals surface area (Å²) in [4.78, 5) is 1.80. The van der Waals surface area contributed by atoms with Gasteiger partial charge in [0.05, 0.1) is 11.4 Å². The average Bonchev–Trinajstić information content (AvgIpc) is 3.06. The number of sulfonamides is 1. The van der Waals surface area contributed by atoms with Gasteiger partial charge in [0.2, 0.25) is 10.0 Å². The molecule has 0 unspecified atom stereocenters. The highest BCUT2D eigenvalue weighted by Crippen LogP contribution is 2.20. The van der Waals surface area contributed by atoms with Crippen LogP contribution in [0.1, 0.15) is 0 Å². The minimum absolute atomic E-state index is 0.291. The Hall–Kier alpha value is -1.84. The maximum absolute atomic E-state index is 13.3. The lowest BCUT2D eigenvalue weighted by Crippen LogP contribution is -2.49. The second-order valence-electron chi connectivity index (χ2n) is 5.62. The molecule has 0 spiro atoms. The monoisotopic (exact) mass is 356 g/mol. The first-order valence-corrected chi connectivity index (χ1v) is 9.05. The molecule has 0 amide bonds. The SMILES string of the molecule is O=S(=O)(c1cc(F)cc(F)c1)N1CCN(CCn2cccn2)CC1. The topological polar surface area (TPSA) is 58.4 Å². The molecule has 0 bridgehead atoms. The summed E-state index contributed by atoms with van der Waals surface area (Å²) in [6.45, 7) is 3.22. The fourth-order valence-corrected chi connectivity index (χ4v) is 4.16. The van der Waals surface area contributed by atoms with Crippen molar-refractivity contribution in [2.75, 3.05) is 32.7 Å². The first kappa shape index (κ1) is 17.0. The average molecular weight is 356 g/mol. The molecule has 0 aliphatic carbocycles. The van der Waals surface area contributed by atoms with Crippen molar-refractivity contribution in [1.29, 1.82) is 0 Å². The zero-order valence-electron chi connectivity index (χ0n) is 13.0. The number of halogens is 2. The lowest BCUT2D eigenvalue weighted by Gasteiger charge is -2.33. The van der Waals surface area contributed by atoms with Crippen LogP contribution in [-0.2, 0) is 16.6 Å². The zero-order chi connectivity index (χ0) is 17.2. The van der Waals surface area contributed by atoms with E-state index in [0.29, 0.717) is 32.2 Å². The molecule has 1 aliphatic heterocycles. The molecule has 1 aromatic heterocycles. The molecule has 130 valence electrons. The molecule has 0 N–H and O–H groups in total. The predicted octanol–water partition coefficient (Wildman–Crippen LogP) is 1.17. The van der Waals surface area contributed by atoms with E-state index in [1.165, 1.54) is 4.31 Å². The van der Waals surface area contributed by atoms with E-state index < -0.39 is 21.7 Å². The van der Waals surface area contributed by atoms with E-state index in [9.17, 15) is 17.2 Å². The number of benzene rings is 1. The zero-order valence-corrected chi connectivity index (χ0v) is 13.8. The molecule has 1 fully saturated rings. The Bertz CT molecular complexity index is 768. The van der Waals surface area contributed by atoms with E-state index in [4.69, 9.17) is 0 Å². The Morgan fingerprint density at radius 3 is 2.25 bits per heavy atom. The van der Waals surface area contributed by atoms with Gasteiger partial charge < -0.3 is 0 Å². The van der Waals surface area contributed by atoms with Gasteiger partial charge in [0.15, 0.2) is 0 Å². The summed E-state index contributed by atoms with van der Waals surface area (Å²) in [5.74, 6) is -1.79. The third kappa shape index (κ3) is 3.80. The third-order valence-corrected chi connectivity index (χ3v) is 5.89. The highest BCUT2D eigenvalue weighted by molar-refractivity contribution is 7.89. The molecule has 24 heavy (non-hydrogen) atoms. The quantitative estimate of drug-likeness (QED) is 0.807. The summed E-state index contributed by atoms with van der Waals surface area (Å²) in [6.07, 6.45) is 3.59. The Kier molecular flexibility index (Phi) is 4.93. The fraction of sp³-hybridized carbons (Fsp3) is 0.400. The number of hydrogen-bond donors (Lipinski definition) is 0. The Morgan fingerprint density at radius 2 is 1.67 bits per heavy atom. The van der Waals surface area contributed by atoms with Crippen LogP contribution in [0.25, 0.3) is 0 Å². The minimum atomic E-state index is -3.88. The van der Waals surface area contributed by atoms with Crippen molar-refractivity contribution in [2.24, 2.45) is 0 Å². The van der Waals surface area contributed by atoms with E-state index in [0.717, 1.165) is 25.2 Å². The molecular formula is C15H18F2N4O2S. The normalized spacial score (nSPS) is 17.2. The number of aromatic nitrogens is 2. The number of hydrogen-bond acceptors (Lipinski definition) is 4. The largest absolute Gasteiger partial charge is 0.299 e.